The van der Waals surface area contributed by atoms with E-state index in [2.05, 4.69) is 11.4 Å². The molecule has 0 fully saturated rings. The van der Waals surface area contributed by atoms with Gasteiger partial charge in [0.2, 0.25) is 0 Å². The van der Waals surface area contributed by atoms with E-state index in [1.165, 1.54) is 0 Å². The molecule has 0 aromatic heterocycles. The van der Waals surface area contributed by atoms with Gasteiger partial charge < -0.3 is 19.9 Å². The van der Waals surface area contributed by atoms with E-state index in [9.17, 15) is 5.11 Å². The molecule has 4 heteroatoms. The molecular weight excluding hydrogens is 242 g/mol. The van der Waals surface area contributed by atoms with Gasteiger partial charge in [-0.2, -0.15) is 0 Å². The van der Waals surface area contributed by atoms with E-state index in [1.807, 2.05) is 31.2 Å². The van der Waals surface area contributed by atoms with E-state index in [0.29, 0.717) is 12.3 Å². The van der Waals surface area contributed by atoms with Crippen LogP contribution in [0.1, 0.15) is 13.3 Å². The lowest BCUT2D eigenvalue weighted by Gasteiger charge is -2.13. The van der Waals surface area contributed by atoms with Gasteiger partial charge in [0, 0.05) is 12.6 Å². The number of benzene rings is 1. The Morgan fingerprint density at radius 2 is 2.16 bits per heavy atom. The number of nitrogens with one attached hydrogen (secondary N) is 1. The first-order chi connectivity index (χ1) is 9.26. The van der Waals surface area contributed by atoms with Crippen LogP contribution in [-0.4, -0.2) is 38.0 Å². The van der Waals surface area contributed by atoms with Gasteiger partial charge in [-0.05, 0) is 32.0 Å². The average Bonchev–Trinajstić information content (AvgIpc) is 2.45. The zero-order valence-electron chi connectivity index (χ0n) is 11.6. The molecule has 0 radical (unpaired) electrons. The number of aliphatic hydroxyl groups is 1. The monoisotopic (exact) mass is 265 g/mol. The Bertz CT molecular complexity index is 379. The van der Waals surface area contributed by atoms with E-state index < -0.39 is 6.10 Å². The lowest BCUT2D eigenvalue weighted by molar-refractivity contribution is 0.106. The average molecular weight is 265 g/mol. The third-order valence-electron chi connectivity index (χ3n) is 2.59. The fourth-order valence-corrected chi connectivity index (χ4v) is 1.56. The number of aliphatic hydroxyl groups excluding tert-OH is 1. The van der Waals surface area contributed by atoms with Crippen molar-refractivity contribution in [2.75, 3.05) is 26.8 Å². The van der Waals surface area contributed by atoms with Gasteiger partial charge in [0.1, 0.15) is 24.2 Å². The van der Waals surface area contributed by atoms with Crippen molar-refractivity contribution >= 4 is 0 Å². The summed E-state index contributed by atoms with van der Waals surface area (Å²) in [6.07, 6.45) is 4.56. The predicted octanol–water partition coefficient (Wildman–Crippen LogP) is 1.99. The van der Waals surface area contributed by atoms with E-state index in [4.69, 9.17) is 9.47 Å². The first-order valence-corrected chi connectivity index (χ1v) is 6.53. The van der Waals surface area contributed by atoms with Crippen molar-refractivity contribution < 1.29 is 14.6 Å². The standard InChI is InChI=1S/C15H23NO3/c1-3-4-5-9-16-11-13(17)12-19-15-8-6-7-14(10-15)18-2/h3-4,6-8,10,13,16-17H,5,9,11-12H2,1-2H3/b4-3+. The Labute approximate surface area is 115 Å². The molecule has 106 valence electrons. The summed E-state index contributed by atoms with van der Waals surface area (Å²) in [7, 11) is 1.61. The molecule has 0 heterocycles. The summed E-state index contributed by atoms with van der Waals surface area (Å²) in [5.41, 5.74) is 0. The quantitative estimate of drug-likeness (QED) is 0.529. The van der Waals surface area contributed by atoms with Crippen LogP contribution >= 0.6 is 0 Å². The first kappa shape index (κ1) is 15.5. The summed E-state index contributed by atoms with van der Waals surface area (Å²) in [5.74, 6) is 1.45. The van der Waals surface area contributed by atoms with Gasteiger partial charge in [-0.15, -0.1) is 0 Å². The molecule has 1 aromatic rings. The maximum absolute atomic E-state index is 9.76. The summed E-state index contributed by atoms with van der Waals surface area (Å²) in [6, 6.07) is 7.35. The van der Waals surface area contributed by atoms with Crippen LogP contribution in [0.25, 0.3) is 0 Å². The molecule has 1 atom stereocenters. The van der Waals surface area contributed by atoms with Crippen molar-refractivity contribution in [3.63, 3.8) is 0 Å². The highest BCUT2D eigenvalue weighted by Crippen LogP contribution is 2.18. The van der Waals surface area contributed by atoms with Crippen LogP contribution in [0.3, 0.4) is 0 Å². The molecule has 0 aliphatic carbocycles. The number of rotatable bonds is 9. The summed E-state index contributed by atoms with van der Waals surface area (Å²) >= 11 is 0. The fourth-order valence-electron chi connectivity index (χ4n) is 1.56. The molecule has 1 aromatic carbocycles. The van der Waals surface area contributed by atoms with Crippen molar-refractivity contribution in [3.8, 4) is 11.5 Å². The molecule has 0 spiro atoms. The van der Waals surface area contributed by atoms with Gasteiger partial charge in [-0.3, -0.25) is 0 Å². The van der Waals surface area contributed by atoms with E-state index in [0.717, 1.165) is 18.7 Å². The van der Waals surface area contributed by atoms with Crippen LogP contribution in [-0.2, 0) is 0 Å². The smallest absolute Gasteiger partial charge is 0.123 e. The van der Waals surface area contributed by atoms with E-state index >= 15 is 0 Å². The summed E-state index contributed by atoms with van der Waals surface area (Å²) in [6.45, 7) is 3.66. The van der Waals surface area contributed by atoms with Crippen LogP contribution in [0.2, 0.25) is 0 Å². The molecule has 4 nitrogen and oxygen atoms in total. The Hall–Kier alpha value is -1.52. The third-order valence-corrected chi connectivity index (χ3v) is 2.59. The molecule has 2 N–H and O–H groups in total. The number of allylic oxidation sites excluding steroid dienone is 1. The summed E-state index contributed by atoms with van der Waals surface area (Å²) in [5, 5.41) is 12.9. The molecule has 0 aliphatic heterocycles. The first-order valence-electron chi connectivity index (χ1n) is 6.53. The van der Waals surface area contributed by atoms with Crippen LogP contribution in [0.5, 0.6) is 11.5 Å². The van der Waals surface area contributed by atoms with Crippen molar-refractivity contribution in [1.82, 2.24) is 5.32 Å². The second-order valence-electron chi connectivity index (χ2n) is 4.21. The van der Waals surface area contributed by atoms with Crippen LogP contribution < -0.4 is 14.8 Å². The highest BCUT2D eigenvalue weighted by atomic mass is 16.5. The minimum Gasteiger partial charge on any atom is -0.497 e. The summed E-state index contributed by atoms with van der Waals surface area (Å²) < 4.78 is 10.6. The normalized spacial score (nSPS) is 12.6. The van der Waals surface area contributed by atoms with Crippen LogP contribution in [0.15, 0.2) is 36.4 Å². The van der Waals surface area contributed by atoms with Crippen molar-refractivity contribution in [1.29, 1.82) is 0 Å². The molecule has 1 rings (SSSR count). The van der Waals surface area contributed by atoms with Crippen molar-refractivity contribution in [2.24, 2.45) is 0 Å². The number of ether oxygens (including phenoxy) is 2. The van der Waals surface area contributed by atoms with E-state index in [-0.39, 0.29) is 6.61 Å². The SMILES string of the molecule is C/C=C/CCNCC(O)COc1cccc(OC)c1. The largest absolute Gasteiger partial charge is 0.497 e. The van der Waals surface area contributed by atoms with E-state index in [1.54, 1.807) is 13.2 Å². The van der Waals surface area contributed by atoms with Gasteiger partial charge in [-0.25, -0.2) is 0 Å². The van der Waals surface area contributed by atoms with Crippen LogP contribution in [0, 0.1) is 0 Å². The highest BCUT2D eigenvalue weighted by Gasteiger charge is 2.05. The van der Waals surface area contributed by atoms with Gasteiger partial charge in [0.25, 0.3) is 0 Å². The minimum absolute atomic E-state index is 0.268. The number of hydrogen-bond acceptors (Lipinski definition) is 4. The molecule has 0 saturated carbocycles. The summed E-state index contributed by atoms with van der Waals surface area (Å²) in [4.78, 5) is 0. The molecule has 0 amide bonds. The second-order valence-corrected chi connectivity index (χ2v) is 4.21. The lowest BCUT2D eigenvalue weighted by Crippen LogP contribution is -2.31. The van der Waals surface area contributed by atoms with Gasteiger partial charge >= 0.3 is 0 Å². The van der Waals surface area contributed by atoms with Gasteiger partial charge in [0.05, 0.1) is 7.11 Å². The molecular formula is C15H23NO3. The Morgan fingerprint density at radius 1 is 1.37 bits per heavy atom. The third kappa shape index (κ3) is 6.84. The minimum atomic E-state index is -0.517. The fraction of sp³-hybridized carbons (Fsp3) is 0.467. The Balaban J connectivity index is 2.20. The molecule has 1 unspecified atom stereocenters. The van der Waals surface area contributed by atoms with Gasteiger partial charge in [-0.1, -0.05) is 18.2 Å². The molecule has 0 bridgehead atoms. The number of hydrogen-bond donors (Lipinski definition) is 2. The molecule has 19 heavy (non-hydrogen) atoms. The zero-order valence-corrected chi connectivity index (χ0v) is 11.6. The zero-order chi connectivity index (χ0) is 13.9. The number of methoxy groups -OCH3 is 1. The predicted molar refractivity (Wildman–Crippen MR) is 76.8 cm³/mol. The Kier molecular flexibility index (Phi) is 7.70. The Morgan fingerprint density at radius 3 is 2.89 bits per heavy atom. The van der Waals surface area contributed by atoms with Crippen LogP contribution in [0.4, 0.5) is 0 Å². The maximum atomic E-state index is 9.76. The highest BCUT2D eigenvalue weighted by molar-refractivity contribution is 5.32. The topological polar surface area (TPSA) is 50.7 Å². The maximum Gasteiger partial charge on any atom is 0.123 e. The molecule has 0 saturated heterocycles. The van der Waals surface area contributed by atoms with Crippen molar-refractivity contribution in [2.45, 2.75) is 19.4 Å². The molecule has 0 aliphatic rings. The second kappa shape index (κ2) is 9.42. The van der Waals surface area contributed by atoms with Gasteiger partial charge in [0.15, 0.2) is 0 Å². The lowest BCUT2D eigenvalue weighted by atomic mass is 10.3. The van der Waals surface area contributed by atoms with Crippen molar-refractivity contribution in [3.05, 3.63) is 36.4 Å².